The Morgan fingerprint density at radius 1 is 0.969 bits per heavy atom. The van der Waals surface area contributed by atoms with Crippen molar-refractivity contribution < 1.29 is 33.8 Å². The van der Waals surface area contributed by atoms with Crippen molar-refractivity contribution in [1.29, 1.82) is 5.26 Å². The molecule has 0 saturated carbocycles. The van der Waals surface area contributed by atoms with Crippen molar-refractivity contribution in [3.8, 4) is 40.1 Å². The third-order valence-corrected chi connectivity index (χ3v) is 11.9. The third-order valence-electron chi connectivity index (χ3n) is 11.9. The number of nitriles is 1. The largest absolute Gasteiger partial charge is 0.508 e. The number of hydrogen-bond donors (Lipinski definition) is 4. The molecule has 1 aromatic heterocycles. The van der Waals surface area contributed by atoms with Gasteiger partial charge in [0.05, 0.1) is 29.1 Å². The molecule has 14 heteroatoms. The summed E-state index contributed by atoms with van der Waals surface area (Å²) in [5.74, 6) is -3.35. The molecule has 338 valence electrons. The number of carbonyl (C=O) groups excluding carboxylic acids is 5. The lowest BCUT2D eigenvalue weighted by Crippen LogP contribution is -2.46. The normalized spacial score (nSPS) is 17.1. The predicted molar refractivity (Wildman–Crippen MR) is 244 cm³/mol. The molecule has 5 rings (SSSR count). The molecule has 0 saturated heterocycles. The van der Waals surface area contributed by atoms with E-state index in [4.69, 9.17) is 26.2 Å². The van der Waals surface area contributed by atoms with Crippen LogP contribution in [-0.2, 0) is 31.0 Å². The molecular weight excluding hydrogens is 811 g/mol. The number of rotatable bonds is 14. The fourth-order valence-electron chi connectivity index (χ4n) is 8.30. The molecule has 2 heterocycles. The summed E-state index contributed by atoms with van der Waals surface area (Å²) in [6, 6.07) is 16.0. The Morgan fingerprint density at radius 3 is 2.25 bits per heavy atom. The van der Waals surface area contributed by atoms with Gasteiger partial charge in [0.1, 0.15) is 24.1 Å². The lowest BCUT2D eigenvalue weighted by molar-refractivity contribution is -0.142. The third kappa shape index (κ3) is 11.3. The number of ketones is 3. The SMILES string of the molecule is Cc1cc(O)c2cc1-c1cc(ccc1OCCN)[C@H](N(C)C(=O)[C@H](CCN)CC(=O)c1c(C)nc(-c3ccc(C(C)(C)C)cc3)nc1C)C(=O)C[C@@H](C)C(=O)N[C@H](C(=O)CCC#N)C2. The van der Waals surface area contributed by atoms with Crippen LogP contribution in [0.3, 0.4) is 0 Å². The van der Waals surface area contributed by atoms with E-state index in [0.717, 1.165) is 11.1 Å². The van der Waals surface area contributed by atoms with Crippen LogP contribution in [0.5, 0.6) is 11.5 Å². The summed E-state index contributed by atoms with van der Waals surface area (Å²) in [6.07, 6.45) is -0.665. The van der Waals surface area contributed by atoms with Crippen molar-refractivity contribution in [1.82, 2.24) is 20.2 Å². The van der Waals surface area contributed by atoms with Crippen molar-refractivity contribution in [3.05, 3.63) is 93.8 Å². The molecule has 6 N–H and O–H groups in total. The van der Waals surface area contributed by atoms with Gasteiger partial charge in [-0.3, -0.25) is 24.0 Å². The zero-order valence-electron chi connectivity index (χ0n) is 38.2. The molecule has 4 aromatic rings. The van der Waals surface area contributed by atoms with E-state index in [1.165, 1.54) is 11.9 Å². The lowest BCUT2D eigenvalue weighted by atomic mass is 9.86. The number of ether oxygens (including phenoxy) is 1. The smallest absolute Gasteiger partial charge is 0.226 e. The minimum absolute atomic E-state index is 0.0296. The number of Topliss-reactive ketones (excluding diaryl/α,β-unsaturated/α-hetero) is 3. The maximum atomic E-state index is 14.7. The van der Waals surface area contributed by atoms with Gasteiger partial charge in [-0.15, -0.1) is 0 Å². The average molecular weight is 872 g/mol. The monoisotopic (exact) mass is 871 g/mol. The Hall–Kier alpha value is -6.30. The van der Waals surface area contributed by atoms with Crippen LogP contribution in [0.1, 0.15) is 110 Å². The second-order valence-corrected chi connectivity index (χ2v) is 17.8. The van der Waals surface area contributed by atoms with E-state index >= 15 is 0 Å². The summed E-state index contributed by atoms with van der Waals surface area (Å²) in [4.78, 5) is 81.5. The Morgan fingerprint density at radius 2 is 1.64 bits per heavy atom. The van der Waals surface area contributed by atoms with Gasteiger partial charge in [0, 0.05) is 68.7 Å². The number of hydrogen-bond acceptors (Lipinski definition) is 12. The Bertz CT molecular complexity index is 2430. The van der Waals surface area contributed by atoms with Crippen LogP contribution in [0.2, 0.25) is 0 Å². The number of aromatic nitrogens is 2. The second kappa shape index (κ2) is 20.9. The maximum Gasteiger partial charge on any atom is 0.226 e. The number of benzene rings is 3. The molecule has 64 heavy (non-hydrogen) atoms. The first-order valence-electron chi connectivity index (χ1n) is 21.8. The molecule has 0 aliphatic carbocycles. The van der Waals surface area contributed by atoms with Crippen LogP contribution >= 0.6 is 0 Å². The minimum atomic E-state index is -1.23. The van der Waals surface area contributed by atoms with Crippen molar-refractivity contribution in [2.75, 3.05) is 26.7 Å². The number of nitrogens with zero attached hydrogens (tertiary/aromatic N) is 4. The molecule has 1 aliphatic rings. The highest BCUT2D eigenvalue weighted by molar-refractivity contribution is 6.01. The van der Waals surface area contributed by atoms with Gasteiger partial charge >= 0.3 is 0 Å². The molecule has 1 aliphatic heterocycles. The highest BCUT2D eigenvalue weighted by atomic mass is 16.5. The van der Waals surface area contributed by atoms with Gasteiger partial charge < -0.3 is 31.5 Å². The first kappa shape index (κ1) is 48.7. The molecule has 0 spiro atoms. The van der Waals surface area contributed by atoms with Crippen LogP contribution < -0.4 is 21.5 Å². The first-order valence-corrected chi connectivity index (χ1v) is 21.8. The molecule has 4 atom stereocenters. The molecular formula is C50H61N7O7. The number of aromatic hydroxyl groups is 1. The fraction of sp³-hybridized carbons (Fsp3) is 0.440. The van der Waals surface area contributed by atoms with E-state index < -0.39 is 47.3 Å². The van der Waals surface area contributed by atoms with Crippen molar-refractivity contribution in [2.45, 2.75) is 104 Å². The van der Waals surface area contributed by atoms with Crippen LogP contribution in [0.4, 0.5) is 0 Å². The zero-order valence-corrected chi connectivity index (χ0v) is 38.2. The van der Waals surface area contributed by atoms with Gasteiger partial charge in [0.2, 0.25) is 11.8 Å². The molecule has 4 bridgehead atoms. The number of nitrogens with one attached hydrogen (secondary N) is 1. The van der Waals surface area contributed by atoms with Gasteiger partial charge in [0.15, 0.2) is 23.2 Å². The number of phenolic OH excluding ortho intramolecular Hbond substituents is 1. The summed E-state index contributed by atoms with van der Waals surface area (Å²) in [6.45, 7) is 13.7. The molecule has 14 nitrogen and oxygen atoms in total. The number of nitrogens with two attached hydrogens (primary N) is 2. The van der Waals surface area contributed by atoms with Crippen molar-refractivity contribution in [3.63, 3.8) is 0 Å². The van der Waals surface area contributed by atoms with E-state index in [-0.39, 0.29) is 75.2 Å². The summed E-state index contributed by atoms with van der Waals surface area (Å²) < 4.78 is 6.09. The van der Waals surface area contributed by atoms with E-state index in [1.807, 2.05) is 30.3 Å². The summed E-state index contributed by atoms with van der Waals surface area (Å²) >= 11 is 0. The molecule has 3 aromatic carbocycles. The van der Waals surface area contributed by atoms with Crippen molar-refractivity contribution >= 4 is 29.2 Å². The number of fused-ring (bicyclic) bond motifs is 5. The first-order chi connectivity index (χ1) is 30.3. The average Bonchev–Trinajstić information content (AvgIpc) is 3.24. The number of phenols is 1. The number of likely N-dealkylation sites (N-methyl/N-ethyl adjacent to an activating group) is 1. The topological polar surface area (TPSA) is 232 Å². The van der Waals surface area contributed by atoms with E-state index in [2.05, 4.69) is 26.1 Å². The van der Waals surface area contributed by atoms with E-state index in [0.29, 0.717) is 56.3 Å². The number of aryl methyl sites for hydroxylation is 3. The second-order valence-electron chi connectivity index (χ2n) is 17.8. The summed E-state index contributed by atoms with van der Waals surface area (Å²) in [5, 5.41) is 23.1. The highest BCUT2D eigenvalue weighted by Crippen LogP contribution is 2.40. The standard InChI is InChI=1S/C50H61N7O7/c1-28-22-41(59)35-25-37(28)38-24-33(13-16-44(38)64-21-20-53)46(43(61)23-29(2)48(62)56-39(26-35)40(58)10-9-18-51)57(8)49(63)34(17-19-52)27-42(60)45-30(3)54-47(55-31(45)4)32-11-14-36(15-12-32)50(5,6)7/h11-16,22,24-25,29,34,39,46,59H,9-10,17,19-21,23,26-27,52-53H2,1-8H3,(H,56,62)/t29-,34-,39+,46+/m1/s1. The van der Waals surface area contributed by atoms with E-state index in [9.17, 15) is 34.3 Å². The minimum Gasteiger partial charge on any atom is -0.508 e. The lowest BCUT2D eigenvalue weighted by Gasteiger charge is -2.32. The molecule has 0 fully saturated rings. The van der Waals surface area contributed by atoms with Crippen LogP contribution in [0.25, 0.3) is 22.5 Å². The van der Waals surface area contributed by atoms with Gasteiger partial charge in [-0.2, -0.15) is 5.26 Å². The predicted octanol–water partition coefficient (Wildman–Crippen LogP) is 6.32. The van der Waals surface area contributed by atoms with Crippen LogP contribution in [-0.4, -0.2) is 81.9 Å². The molecule has 0 unspecified atom stereocenters. The number of carbonyl (C=O) groups is 5. The Labute approximate surface area is 375 Å². The van der Waals surface area contributed by atoms with Gasteiger partial charge in [-0.25, -0.2) is 9.97 Å². The van der Waals surface area contributed by atoms with Crippen LogP contribution in [0.15, 0.2) is 54.6 Å². The zero-order chi connectivity index (χ0) is 47.0. The Balaban J connectivity index is 1.55. The summed E-state index contributed by atoms with van der Waals surface area (Å²) in [7, 11) is 1.50. The van der Waals surface area contributed by atoms with E-state index in [1.54, 1.807) is 58.0 Å². The van der Waals surface area contributed by atoms with Gasteiger partial charge in [0.25, 0.3) is 0 Å². The number of amides is 2. The fourth-order valence-corrected chi connectivity index (χ4v) is 8.30. The molecule has 2 amide bonds. The van der Waals surface area contributed by atoms with Crippen LogP contribution in [0, 0.1) is 43.9 Å². The quantitative estimate of drug-likeness (QED) is 0.102. The molecule has 0 radical (unpaired) electrons. The highest BCUT2D eigenvalue weighted by Gasteiger charge is 2.36. The van der Waals surface area contributed by atoms with Gasteiger partial charge in [-0.05, 0) is 91.2 Å². The van der Waals surface area contributed by atoms with Crippen molar-refractivity contribution in [2.24, 2.45) is 23.3 Å². The maximum absolute atomic E-state index is 14.7. The summed E-state index contributed by atoms with van der Waals surface area (Å²) in [5.41, 5.74) is 17.7. The Kier molecular flexibility index (Phi) is 15.9. The van der Waals surface area contributed by atoms with Gasteiger partial charge in [-0.1, -0.05) is 58.0 Å².